The molecule has 0 fully saturated rings. The Bertz CT molecular complexity index is 706. The number of imidazole rings is 1. The van der Waals surface area contributed by atoms with Crippen LogP contribution in [0.4, 0.5) is 5.95 Å². The largest absolute Gasteiger partial charge is 0.369 e. The van der Waals surface area contributed by atoms with E-state index in [0.717, 1.165) is 42.8 Å². The highest BCUT2D eigenvalue weighted by atomic mass is 15.4. The third-order valence-corrected chi connectivity index (χ3v) is 3.40. The second kappa shape index (κ2) is 4.95. The van der Waals surface area contributed by atoms with E-state index in [1.54, 1.807) is 6.20 Å². The van der Waals surface area contributed by atoms with Gasteiger partial charge in [-0.2, -0.15) is 5.10 Å². The van der Waals surface area contributed by atoms with E-state index in [0.29, 0.717) is 5.95 Å². The van der Waals surface area contributed by atoms with Crippen LogP contribution < -0.4 is 5.73 Å². The molecule has 2 N–H and O–H groups in total. The molecule has 8 heteroatoms. The molecule has 3 aromatic rings. The monoisotopic (exact) mass is 274 g/mol. The van der Waals surface area contributed by atoms with Crippen LogP contribution in [-0.4, -0.2) is 34.3 Å². The van der Waals surface area contributed by atoms with E-state index < -0.39 is 0 Å². The van der Waals surface area contributed by atoms with Crippen LogP contribution in [0.15, 0.2) is 12.4 Å². The molecular weight excluding hydrogens is 256 g/mol. The van der Waals surface area contributed by atoms with Crippen molar-refractivity contribution in [2.24, 2.45) is 7.05 Å². The predicted octanol–water partition coefficient (Wildman–Crippen LogP) is 0.596. The average molecular weight is 274 g/mol. The second-order valence-corrected chi connectivity index (χ2v) is 4.74. The predicted molar refractivity (Wildman–Crippen MR) is 74.9 cm³/mol. The summed E-state index contributed by atoms with van der Waals surface area (Å²) in [4.78, 5) is 4.44. The second-order valence-electron chi connectivity index (χ2n) is 4.74. The lowest BCUT2D eigenvalue weighted by molar-refractivity contribution is 0.517. The zero-order valence-corrected chi connectivity index (χ0v) is 11.7. The van der Waals surface area contributed by atoms with Crippen LogP contribution >= 0.6 is 0 Å². The molecule has 0 saturated heterocycles. The van der Waals surface area contributed by atoms with Crippen LogP contribution in [0.1, 0.15) is 19.0 Å². The Labute approximate surface area is 116 Å². The summed E-state index contributed by atoms with van der Waals surface area (Å²) in [5, 5.41) is 12.2. The summed E-state index contributed by atoms with van der Waals surface area (Å²) in [6, 6.07) is 0. The molecule has 3 heterocycles. The maximum atomic E-state index is 6.03. The fraction of sp³-hybridized carbons (Fsp3) is 0.500. The van der Waals surface area contributed by atoms with Gasteiger partial charge in [0.2, 0.25) is 5.95 Å². The number of aryl methyl sites for hydroxylation is 4. The van der Waals surface area contributed by atoms with E-state index in [4.69, 9.17) is 5.73 Å². The summed E-state index contributed by atoms with van der Waals surface area (Å²) in [6.45, 7) is 3.66. The van der Waals surface area contributed by atoms with Gasteiger partial charge in [-0.05, 0) is 12.8 Å². The minimum Gasteiger partial charge on any atom is -0.369 e. The van der Waals surface area contributed by atoms with Gasteiger partial charge in [0.1, 0.15) is 5.52 Å². The van der Waals surface area contributed by atoms with Crippen molar-refractivity contribution in [3.8, 4) is 0 Å². The molecular formula is C12H18N8. The van der Waals surface area contributed by atoms with Crippen LogP contribution in [-0.2, 0) is 26.6 Å². The normalized spacial score (nSPS) is 11.5. The lowest BCUT2D eigenvalue weighted by Crippen LogP contribution is -2.09. The lowest BCUT2D eigenvalue weighted by atomic mass is 10.3. The standard InChI is InChI=1S/C12H18N8/c1-3-9-10-11(18(2)16-9)20(12(13)15-10)7-4-6-19-8-5-14-17-19/h5,8H,3-4,6-7H2,1-2H3,(H2,13,15). The van der Waals surface area contributed by atoms with Gasteiger partial charge in [0.25, 0.3) is 0 Å². The van der Waals surface area contributed by atoms with E-state index in [1.807, 2.05) is 27.2 Å². The topological polar surface area (TPSA) is 92.4 Å². The van der Waals surface area contributed by atoms with Crippen molar-refractivity contribution in [3.63, 3.8) is 0 Å². The molecule has 0 aliphatic heterocycles. The Morgan fingerprint density at radius 1 is 1.30 bits per heavy atom. The molecule has 0 spiro atoms. The van der Waals surface area contributed by atoms with Gasteiger partial charge in [-0.3, -0.25) is 13.9 Å². The number of nitrogens with zero attached hydrogens (tertiary/aromatic N) is 7. The van der Waals surface area contributed by atoms with Crippen molar-refractivity contribution in [2.75, 3.05) is 5.73 Å². The molecule has 3 aromatic heterocycles. The van der Waals surface area contributed by atoms with E-state index in [2.05, 4.69) is 27.3 Å². The SMILES string of the molecule is CCc1nn(C)c2c1nc(N)n2CCCn1ccnn1. The van der Waals surface area contributed by atoms with Gasteiger partial charge in [-0.1, -0.05) is 12.1 Å². The van der Waals surface area contributed by atoms with Gasteiger partial charge in [0.05, 0.1) is 11.9 Å². The maximum Gasteiger partial charge on any atom is 0.202 e. The lowest BCUT2D eigenvalue weighted by Gasteiger charge is -2.06. The molecule has 0 atom stereocenters. The molecule has 0 radical (unpaired) electrons. The Morgan fingerprint density at radius 2 is 2.15 bits per heavy atom. The van der Waals surface area contributed by atoms with Gasteiger partial charge < -0.3 is 5.73 Å². The van der Waals surface area contributed by atoms with Gasteiger partial charge in [-0.15, -0.1) is 5.10 Å². The molecule has 20 heavy (non-hydrogen) atoms. The Morgan fingerprint density at radius 3 is 2.85 bits per heavy atom. The third-order valence-electron chi connectivity index (χ3n) is 3.40. The summed E-state index contributed by atoms with van der Waals surface area (Å²) >= 11 is 0. The summed E-state index contributed by atoms with van der Waals surface area (Å²) in [5.74, 6) is 0.543. The first-order valence-electron chi connectivity index (χ1n) is 6.72. The van der Waals surface area contributed by atoms with Gasteiger partial charge >= 0.3 is 0 Å². The minimum atomic E-state index is 0.543. The fourth-order valence-electron chi connectivity index (χ4n) is 2.46. The molecule has 0 saturated carbocycles. The van der Waals surface area contributed by atoms with Crippen molar-refractivity contribution in [1.29, 1.82) is 0 Å². The number of fused-ring (bicyclic) bond motifs is 1. The van der Waals surface area contributed by atoms with E-state index in [-0.39, 0.29) is 0 Å². The number of rotatable bonds is 5. The molecule has 3 rings (SSSR count). The Hall–Kier alpha value is -2.38. The summed E-state index contributed by atoms with van der Waals surface area (Å²) in [7, 11) is 1.93. The quantitative estimate of drug-likeness (QED) is 0.735. The summed E-state index contributed by atoms with van der Waals surface area (Å²) < 4.78 is 5.68. The molecule has 0 amide bonds. The molecule has 8 nitrogen and oxygen atoms in total. The number of hydrogen-bond donors (Lipinski definition) is 1. The fourth-order valence-corrected chi connectivity index (χ4v) is 2.46. The van der Waals surface area contributed by atoms with Gasteiger partial charge in [-0.25, -0.2) is 4.98 Å². The van der Waals surface area contributed by atoms with Gasteiger partial charge in [0.15, 0.2) is 5.65 Å². The third kappa shape index (κ3) is 2.02. The van der Waals surface area contributed by atoms with E-state index >= 15 is 0 Å². The zero-order valence-electron chi connectivity index (χ0n) is 11.7. The number of hydrogen-bond acceptors (Lipinski definition) is 5. The summed E-state index contributed by atoms with van der Waals surface area (Å²) in [6.07, 6.45) is 5.29. The Kier molecular flexibility index (Phi) is 3.13. The number of aromatic nitrogens is 7. The molecule has 106 valence electrons. The van der Waals surface area contributed by atoms with Crippen LogP contribution in [0.25, 0.3) is 11.2 Å². The maximum absolute atomic E-state index is 6.03. The first-order valence-corrected chi connectivity index (χ1v) is 6.72. The molecule has 0 bridgehead atoms. The van der Waals surface area contributed by atoms with Crippen LogP contribution in [0.5, 0.6) is 0 Å². The molecule has 0 aliphatic carbocycles. The number of nitrogen functional groups attached to an aromatic ring is 1. The van der Waals surface area contributed by atoms with Crippen LogP contribution in [0.2, 0.25) is 0 Å². The van der Waals surface area contributed by atoms with Crippen molar-refractivity contribution in [3.05, 3.63) is 18.1 Å². The first-order chi connectivity index (χ1) is 9.70. The van der Waals surface area contributed by atoms with E-state index in [9.17, 15) is 0 Å². The van der Waals surface area contributed by atoms with E-state index in [1.165, 1.54) is 0 Å². The van der Waals surface area contributed by atoms with Crippen molar-refractivity contribution < 1.29 is 0 Å². The van der Waals surface area contributed by atoms with Crippen LogP contribution in [0.3, 0.4) is 0 Å². The molecule has 0 aliphatic rings. The molecule has 0 unspecified atom stereocenters. The van der Waals surface area contributed by atoms with Crippen LogP contribution in [0, 0.1) is 0 Å². The highest BCUT2D eigenvalue weighted by molar-refractivity contribution is 5.77. The summed E-state index contributed by atoms with van der Waals surface area (Å²) in [5.41, 5.74) is 8.91. The highest BCUT2D eigenvalue weighted by Crippen LogP contribution is 2.21. The zero-order chi connectivity index (χ0) is 14.1. The highest BCUT2D eigenvalue weighted by Gasteiger charge is 2.16. The minimum absolute atomic E-state index is 0.543. The Balaban J connectivity index is 1.83. The van der Waals surface area contributed by atoms with Gasteiger partial charge in [0, 0.05) is 26.3 Å². The number of anilines is 1. The smallest absolute Gasteiger partial charge is 0.202 e. The van der Waals surface area contributed by atoms with Crippen molar-refractivity contribution in [2.45, 2.75) is 32.9 Å². The first kappa shape index (κ1) is 12.6. The molecule has 0 aromatic carbocycles. The average Bonchev–Trinajstić information content (AvgIpc) is 3.10. The number of nitrogens with two attached hydrogens (primary N) is 1. The van der Waals surface area contributed by atoms with Crippen molar-refractivity contribution >= 4 is 17.1 Å². The van der Waals surface area contributed by atoms with Crippen molar-refractivity contribution in [1.82, 2.24) is 34.3 Å².